The molecule has 0 saturated heterocycles. The third-order valence-electron chi connectivity index (χ3n) is 5.49. The molecule has 9 nitrogen and oxygen atoms in total. The van der Waals surface area contributed by atoms with Crippen LogP contribution in [0.5, 0.6) is 11.5 Å². The van der Waals surface area contributed by atoms with Crippen LogP contribution in [0.3, 0.4) is 0 Å². The second-order valence-corrected chi connectivity index (χ2v) is 10.0. The molecule has 200 valence electrons. The van der Waals surface area contributed by atoms with Crippen molar-refractivity contribution in [3.8, 4) is 11.5 Å². The number of benzene rings is 3. The summed E-state index contributed by atoms with van der Waals surface area (Å²) in [6.45, 7) is 6.28. The van der Waals surface area contributed by atoms with Crippen LogP contribution in [0.4, 0.5) is 5.69 Å². The maximum absolute atomic E-state index is 12.6. The lowest BCUT2D eigenvalue weighted by Crippen LogP contribution is -2.16. The molecule has 3 aromatic carbocycles. The number of nitrogens with zero attached hydrogens (tertiary/aromatic N) is 2. The summed E-state index contributed by atoms with van der Waals surface area (Å²) in [4.78, 5) is 23.1. The number of fused-ring (bicyclic) bond motifs is 1. The summed E-state index contributed by atoms with van der Waals surface area (Å²) in [6, 6.07) is 15.1. The summed E-state index contributed by atoms with van der Waals surface area (Å²) in [6.07, 6.45) is 3.74. The molecule has 1 N–H and O–H groups in total. The van der Waals surface area contributed by atoms with Crippen LogP contribution in [0, 0.1) is 10.1 Å². The molecule has 4 rings (SSSR count). The number of nitrogens with one attached hydrogen (secondary N) is 1. The second kappa shape index (κ2) is 12.7. The lowest BCUT2D eigenvalue weighted by molar-refractivity contribution is -0.384. The van der Waals surface area contributed by atoms with Gasteiger partial charge in [-0.2, -0.15) is 5.10 Å². The van der Waals surface area contributed by atoms with Gasteiger partial charge in [-0.25, -0.2) is 5.43 Å². The monoisotopic (exact) mass is 655 g/mol. The molecule has 0 fully saturated rings. The quantitative estimate of drug-likeness (QED) is 0.0782. The van der Waals surface area contributed by atoms with Gasteiger partial charge in [-0.05, 0) is 82.9 Å². The Hall–Kier alpha value is -3.96. The van der Waals surface area contributed by atoms with E-state index >= 15 is 0 Å². The van der Waals surface area contributed by atoms with Crippen LogP contribution in [0.25, 0.3) is 11.0 Å². The lowest BCUT2D eigenvalue weighted by Gasteiger charge is -2.16. The molecular formula is C28H23Br2N3O6. The van der Waals surface area contributed by atoms with Crippen molar-refractivity contribution < 1.29 is 23.6 Å². The van der Waals surface area contributed by atoms with E-state index in [4.69, 9.17) is 13.9 Å². The number of carbonyl (C=O) groups is 1. The van der Waals surface area contributed by atoms with Crippen molar-refractivity contribution in [2.75, 3.05) is 6.61 Å². The summed E-state index contributed by atoms with van der Waals surface area (Å²) in [5.74, 6) is 0.665. The van der Waals surface area contributed by atoms with Crippen molar-refractivity contribution >= 4 is 60.6 Å². The van der Waals surface area contributed by atoms with Crippen LogP contribution in [0.15, 0.2) is 85.7 Å². The second-order valence-electron chi connectivity index (χ2n) is 8.26. The highest BCUT2D eigenvalue weighted by atomic mass is 79.9. The predicted molar refractivity (Wildman–Crippen MR) is 156 cm³/mol. The van der Waals surface area contributed by atoms with E-state index in [1.165, 1.54) is 18.3 Å². The Kier molecular flexibility index (Phi) is 9.15. The minimum atomic E-state index is -0.495. The van der Waals surface area contributed by atoms with Gasteiger partial charge in [0.2, 0.25) is 0 Å². The molecule has 0 spiro atoms. The van der Waals surface area contributed by atoms with Gasteiger partial charge < -0.3 is 13.9 Å². The van der Waals surface area contributed by atoms with E-state index in [2.05, 4.69) is 49.0 Å². The molecule has 4 aromatic rings. The minimum absolute atomic E-state index is 0.0121. The Bertz CT molecular complexity index is 1560. The zero-order valence-corrected chi connectivity index (χ0v) is 24.0. The fourth-order valence-corrected chi connectivity index (χ4v) is 5.11. The first-order chi connectivity index (χ1) is 18.8. The predicted octanol–water partition coefficient (Wildman–Crippen LogP) is 7.34. The van der Waals surface area contributed by atoms with E-state index in [1.807, 2.05) is 25.1 Å². The molecule has 1 amide bonds. The van der Waals surface area contributed by atoms with Gasteiger partial charge in [0.15, 0.2) is 17.3 Å². The van der Waals surface area contributed by atoms with Crippen molar-refractivity contribution in [3.05, 3.63) is 109 Å². The number of hydrogen-bond donors (Lipinski definition) is 1. The number of nitro benzene ring substituents is 1. The van der Waals surface area contributed by atoms with Crippen molar-refractivity contribution in [2.45, 2.75) is 20.0 Å². The normalized spacial score (nSPS) is 11.1. The van der Waals surface area contributed by atoms with Crippen LogP contribution < -0.4 is 14.9 Å². The van der Waals surface area contributed by atoms with Crippen molar-refractivity contribution in [2.24, 2.45) is 5.10 Å². The Labute approximate surface area is 240 Å². The summed E-state index contributed by atoms with van der Waals surface area (Å²) >= 11 is 6.85. The molecule has 0 aliphatic rings. The van der Waals surface area contributed by atoms with E-state index in [-0.39, 0.29) is 18.1 Å². The van der Waals surface area contributed by atoms with Crippen LogP contribution >= 0.6 is 31.9 Å². The smallest absolute Gasteiger partial charge is 0.307 e. The standard InChI is InChI=1S/C28H23Br2N3O6/c1-3-5-19-10-18(15-31-32-28(34)25-13-20-12-21(29)14-23(30)26(20)39-25)11-24(37-4-2)27(19)38-16-17-6-8-22(9-7-17)33(35)36/h3,6-15H,1,4-5,16H2,2H3,(H,32,34)/b31-15-. The van der Waals surface area contributed by atoms with Crippen LogP contribution in [0.2, 0.25) is 0 Å². The molecule has 1 heterocycles. The molecule has 0 atom stereocenters. The average Bonchev–Trinajstić information content (AvgIpc) is 3.33. The number of ether oxygens (including phenoxy) is 2. The largest absolute Gasteiger partial charge is 0.490 e. The highest BCUT2D eigenvalue weighted by Gasteiger charge is 2.16. The number of hydrazone groups is 1. The minimum Gasteiger partial charge on any atom is -0.490 e. The number of nitro groups is 1. The highest BCUT2D eigenvalue weighted by molar-refractivity contribution is 9.11. The molecule has 1 aromatic heterocycles. The third kappa shape index (κ3) is 6.92. The van der Waals surface area contributed by atoms with Gasteiger partial charge in [-0.15, -0.1) is 6.58 Å². The Balaban J connectivity index is 1.52. The average molecular weight is 657 g/mol. The molecule has 39 heavy (non-hydrogen) atoms. The topological polar surface area (TPSA) is 116 Å². The first-order valence-corrected chi connectivity index (χ1v) is 13.4. The van der Waals surface area contributed by atoms with Crippen LogP contribution in [-0.4, -0.2) is 23.7 Å². The summed E-state index contributed by atoms with van der Waals surface area (Å²) < 4.78 is 19.2. The fraction of sp³-hybridized carbons (Fsp3) is 0.143. The molecule has 0 aliphatic carbocycles. The van der Waals surface area contributed by atoms with Crippen molar-refractivity contribution in [3.63, 3.8) is 0 Å². The van der Waals surface area contributed by atoms with Crippen LogP contribution in [-0.2, 0) is 13.0 Å². The number of furan rings is 1. The number of allylic oxidation sites excluding steroid dienone is 1. The summed E-state index contributed by atoms with van der Waals surface area (Å²) in [5.41, 5.74) is 5.31. The first kappa shape index (κ1) is 28.1. The van der Waals surface area contributed by atoms with Gasteiger partial charge >= 0.3 is 5.91 Å². The molecule has 0 unspecified atom stereocenters. The molecule has 11 heteroatoms. The molecular weight excluding hydrogens is 634 g/mol. The van der Waals surface area contributed by atoms with Gasteiger partial charge in [0, 0.05) is 27.6 Å². The first-order valence-electron chi connectivity index (χ1n) is 11.8. The Morgan fingerprint density at radius 1 is 1.15 bits per heavy atom. The Morgan fingerprint density at radius 2 is 1.92 bits per heavy atom. The number of non-ortho nitro benzene ring substituents is 1. The maximum atomic E-state index is 12.6. The highest BCUT2D eigenvalue weighted by Crippen LogP contribution is 2.35. The third-order valence-corrected chi connectivity index (χ3v) is 6.53. The van der Waals surface area contributed by atoms with Gasteiger partial charge in [0.25, 0.3) is 5.69 Å². The van der Waals surface area contributed by atoms with E-state index in [0.29, 0.717) is 35.7 Å². The zero-order valence-electron chi connectivity index (χ0n) is 20.8. The van der Waals surface area contributed by atoms with Gasteiger partial charge in [-0.3, -0.25) is 14.9 Å². The van der Waals surface area contributed by atoms with Crippen molar-refractivity contribution in [1.82, 2.24) is 5.43 Å². The van der Waals surface area contributed by atoms with E-state index in [9.17, 15) is 14.9 Å². The number of amides is 1. The van der Waals surface area contributed by atoms with Gasteiger partial charge in [0.1, 0.15) is 12.2 Å². The van der Waals surface area contributed by atoms with E-state index in [1.54, 1.807) is 30.3 Å². The van der Waals surface area contributed by atoms with Crippen molar-refractivity contribution in [1.29, 1.82) is 0 Å². The van der Waals surface area contributed by atoms with E-state index < -0.39 is 10.8 Å². The molecule has 0 aliphatic heterocycles. The van der Waals surface area contributed by atoms with Gasteiger partial charge in [0.05, 0.1) is 22.2 Å². The maximum Gasteiger partial charge on any atom is 0.307 e. The zero-order chi connectivity index (χ0) is 27.9. The number of hydrogen-bond acceptors (Lipinski definition) is 7. The molecule has 0 bridgehead atoms. The molecule has 0 radical (unpaired) electrons. The summed E-state index contributed by atoms with van der Waals surface area (Å²) in [5, 5.41) is 15.8. The lowest BCUT2D eigenvalue weighted by atomic mass is 10.1. The number of carbonyl (C=O) groups excluding carboxylic acids is 1. The Morgan fingerprint density at radius 3 is 2.62 bits per heavy atom. The van der Waals surface area contributed by atoms with E-state index in [0.717, 1.165) is 25.5 Å². The summed E-state index contributed by atoms with van der Waals surface area (Å²) in [7, 11) is 0. The van der Waals surface area contributed by atoms with Gasteiger partial charge in [-0.1, -0.05) is 22.0 Å². The molecule has 0 saturated carbocycles. The number of halogens is 2. The fourth-order valence-electron chi connectivity index (χ4n) is 3.77. The van der Waals surface area contributed by atoms with Crippen LogP contribution in [0.1, 0.15) is 34.2 Å². The number of rotatable bonds is 11. The SMILES string of the molecule is C=CCc1cc(/C=N\NC(=O)c2cc3cc(Br)cc(Br)c3o2)cc(OCC)c1OCc1ccc([N+](=O)[O-])cc1.